The van der Waals surface area contributed by atoms with E-state index in [1.165, 1.54) is 6.07 Å². The summed E-state index contributed by atoms with van der Waals surface area (Å²) in [5.41, 5.74) is -1.21. The van der Waals surface area contributed by atoms with Crippen molar-refractivity contribution < 1.29 is 23.0 Å². The standard InChI is InChI=1S/C14H14F3NO2/c1-9-5-10-6-11(3-4-12(10)18-7-9)20-8-13(2,19)14(15,16)17/h3-7,19H,8H2,1-2H3. The summed E-state index contributed by atoms with van der Waals surface area (Å²) in [4.78, 5) is 4.19. The number of ether oxygens (including phenoxy) is 1. The molecule has 0 saturated heterocycles. The third-order valence-corrected chi connectivity index (χ3v) is 2.92. The zero-order valence-electron chi connectivity index (χ0n) is 11.0. The number of pyridine rings is 1. The van der Waals surface area contributed by atoms with Gasteiger partial charge in [0, 0.05) is 11.6 Å². The Morgan fingerprint density at radius 1 is 1.25 bits per heavy atom. The molecule has 0 spiro atoms. The Bertz CT molecular complexity index is 623. The maximum absolute atomic E-state index is 12.5. The van der Waals surface area contributed by atoms with Crippen molar-refractivity contribution in [2.75, 3.05) is 6.61 Å². The highest BCUT2D eigenvalue weighted by atomic mass is 19.4. The second kappa shape index (κ2) is 4.94. The Kier molecular flexibility index (Phi) is 3.60. The molecule has 0 amide bonds. The normalized spacial score (nSPS) is 15.1. The summed E-state index contributed by atoms with van der Waals surface area (Å²) in [5.74, 6) is 0.259. The van der Waals surface area contributed by atoms with Crippen molar-refractivity contribution in [3.63, 3.8) is 0 Å². The topological polar surface area (TPSA) is 42.4 Å². The lowest BCUT2D eigenvalue weighted by atomic mass is 10.1. The molecular formula is C14H14F3NO2. The zero-order chi connectivity index (χ0) is 15.0. The van der Waals surface area contributed by atoms with Crippen molar-refractivity contribution in [1.29, 1.82) is 0 Å². The highest BCUT2D eigenvalue weighted by Gasteiger charge is 2.50. The van der Waals surface area contributed by atoms with Crippen LogP contribution in [0.5, 0.6) is 5.75 Å². The van der Waals surface area contributed by atoms with Crippen LogP contribution in [0.2, 0.25) is 0 Å². The number of hydrogen-bond acceptors (Lipinski definition) is 3. The van der Waals surface area contributed by atoms with Crippen molar-refractivity contribution in [3.8, 4) is 5.75 Å². The molecule has 1 unspecified atom stereocenters. The van der Waals surface area contributed by atoms with E-state index in [9.17, 15) is 18.3 Å². The number of rotatable bonds is 3. The Morgan fingerprint density at radius 3 is 2.60 bits per heavy atom. The first-order valence-corrected chi connectivity index (χ1v) is 5.97. The minimum absolute atomic E-state index is 0.259. The van der Waals surface area contributed by atoms with E-state index in [0.29, 0.717) is 6.92 Å². The molecule has 1 heterocycles. The fourth-order valence-electron chi connectivity index (χ4n) is 1.62. The molecule has 20 heavy (non-hydrogen) atoms. The quantitative estimate of drug-likeness (QED) is 0.941. The molecule has 6 heteroatoms. The van der Waals surface area contributed by atoms with Gasteiger partial charge in [0.2, 0.25) is 0 Å². The van der Waals surface area contributed by atoms with Gasteiger partial charge in [0.1, 0.15) is 12.4 Å². The van der Waals surface area contributed by atoms with Crippen molar-refractivity contribution in [1.82, 2.24) is 4.98 Å². The van der Waals surface area contributed by atoms with E-state index in [1.807, 2.05) is 13.0 Å². The predicted molar refractivity (Wildman–Crippen MR) is 68.7 cm³/mol. The molecule has 3 nitrogen and oxygen atoms in total. The Hall–Kier alpha value is -1.82. The van der Waals surface area contributed by atoms with Gasteiger partial charge >= 0.3 is 6.18 Å². The van der Waals surface area contributed by atoms with Crippen LogP contribution in [0.3, 0.4) is 0 Å². The third kappa shape index (κ3) is 3.01. The van der Waals surface area contributed by atoms with Gasteiger partial charge < -0.3 is 9.84 Å². The molecule has 0 radical (unpaired) electrons. The van der Waals surface area contributed by atoms with Crippen molar-refractivity contribution >= 4 is 10.9 Å². The largest absolute Gasteiger partial charge is 0.490 e. The maximum atomic E-state index is 12.5. The molecule has 0 saturated carbocycles. The SMILES string of the molecule is Cc1cnc2ccc(OCC(C)(O)C(F)(F)F)cc2c1. The Morgan fingerprint density at radius 2 is 1.95 bits per heavy atom. The predicted octanol–water partition coefficient (Wildman–Crippen LogP) is 3.24. The lowest BCUT2D eigenvalue weighted by Crippen LogP contribution is -2.47. The summed E-state index contributed by atoms with van der Waals surface area (Å²) in [6.07, 6.45) is -3.03. The molecule has 0 aliphatic heterocycles. The number of nitrogens with zero attached hydrogens (tertiary/aromatic N) is 1. The van der Waals surface area contributed by atoms with E-state index in [1.54, 1.807) is 18.3 Å². The molecular weight excluding hydrogens is 271 g/mol. The molecule has 1 N–H and O–H groups in total. The van der Waals surface area contributed by atoms with Crippen molar-refractivity contribution in [2.24, 2.45) is 0 Å². The molecule has 0 bridgehead atoms. The first-order chi connectivity index (χ1) is 9.19. The van der Waals surface area contributed by atoms with Gasteiger partial charge in [-0.1, -0.05) is 0 Å². The van der Waals surface area contributed by atoms with Crippen LogP contribution in [0.15, 0.2) is 30.5 Å². The molecule has 108 valence electrons. The van der Waals surface area contributed by atoms with Gasteiger partial charge in [-0.05, 0) is 43.7 Å². The third-order valence-electron chi connectivity index (χ3n) is 2.92. The van der Waals surface area contributed by atoms with Crippen LogP contribution in [-0.4, -0.2) is 28.5 Å². The molecule has 2 rings (SSSR count). The van der Waals surface area contributed by atoms with Crippen LogP contribution in [0.4, 0.5) is 13.2 Å². The van der Waals surface area contributed by atoms with E-state index in [2.05, 4.69) is 4.98 Å². The van der Waals surface area contributed by atoms with Gasteiger partial charge in [0.05, 0.1) is 5.52 Å². The monoisotopic (exact) mass is 285 g/mol. The maximum Gasteiger partial charge on any atom is 0.420 e. The lowest BCUT2D eigenvalue weighted by molar-refractivity contribution is -0.260. The first-order valence-electron chi connectivity index (χ1n) is 5.97. The summed E-state index contributed by atoms with van der Waals surface area (Å²) in [7, 11) is 0. The molecule has 1 aromatic heterocycles. The van der Waals surface area contributed by atoms with Crippen molar-refractivity contribution in [3.05, 3.63) is 36.0 Å². The minimum Gasteiger partial charge on any atom is -0.490 e. The Labute approximate surface area is 114 Å². The van der Waals surface area contributed by atoms with E-state index in [-0.39, 0.29) is 5.75 Å². The van der Waals surface area contributed by atoms with Crippen LogP contribution in [0.25, 0.3) is 10.9 Å². The molecule has 0 fully saturated rings. The summed E-state index contributed by atoms with van der Waals surface area (Å²) in [5, 5.41) is 10.1. The van der Waals surface area contributed by atoms with Crippen molar-refractivity contribution in [2.45, 2.75) is 25.6 Å². The highest BCUT2D eigenvalue weighted by Crippen LogP contribution is 2.31. The van der Waals surface area contributed by atoms with Gasteiger partial charge in [-0.2, -0.15) is 13.2 Å². The van der Waals surface area contributed by atoms with Crippen LogP contribution < -0.4 is 4.74 Å². The number of benzene rings is 1. The molecule has 0 aliphatic rings. The highest BCUT2D eigenvalue weighted by molar-refractivity contribution is 5.80. The number of fused-ring (bicyclic) bond motifs is 1. The zero-order valence-corrected chi connectivity index (χ0v) is 11.0. The second-order valence-corrected chi connectivity index (χ2v) is 4.93. The number of alkyl halides is 3. The summed E-state index contributed by atoms with van der Waals surface area (Å²) in [6.45, 7) is 1.69. The van der Waals surface area contributed by atoms with Gasteiger partial charge in [0.15, 0.2) is 5.60 Å². The molecule has 2 aromatic rings. The fraction of sp³-hybridized carbons (Fsp3) is 0.357. The number of hydrogen-bond donors (Lipinski definition) is 1. The van der Waals surface area contributed by atoms with E-state index in [4.69, 9.17) is 4.74 Å². The average molecular weight is 285 g/mol. The van der Waals surface area contributed by atoms with Crippen LogP contribution in [-0.2, 0) is 0 Å². The van der Waals surface area contributed by atoms with E-state index in [0.717, 1.165) is 16.5 Å². The number of halogens is 3. The summed E-state index contributed by atoms with van der Waals surface area (Å²) >= 11 is 0. The van der Waals surface area contributed by atoms with Crippen LogP contribution in [0.1, 0.15) is 12.5 Å². The van der Waals surface area contributed by atoms with Gasteiger partial charge in [-0.25, -0.2) is 0 Å². The lowest BCUT2D eigenvalue weighted by Gasteiger charge is -2.26. The Balaban J connectivity index is 2.18. The van der Waals surface area contributed by atoms with Gasteiger partial charge in [-0.3, -0.25) is 4.98 Å². The van der Waals surface area contributed by atoms with Crippen LogP contribution >= 0.6 is 0 Å². The van der Waals surface area contributed by atoms with Gasteiger partial charge in [-0.15, -0.1) is 0 Å². The summed E-state index contributed by atoms with van der Waals surface area (Å²) in [6, 6.07) is 6.64. The number of aliphatic hydroxyl groups is 1. The number of aryl methyl sites for hydroxylation is 1. The minimum atomic E-state index is -4.73. The van der Waals surface area contributed by atoms with Crippen LogP contribution in [0, 0.1) is 6.92 Å². The number of aromatic nitrogens is 1. The summed E-state index contributed by atoms with van der Waals surface area (Å²) < 4.78 is 42.6. The van der Waals surface area contributed by atoms with Gasteiger partial charge in [0.25, 0.3) is 0 Å². The fourth-order valence-corrected chi connectivity index (χ4v) is 1.62. The van der Waals surface area contributed by atoms with E-state index >= 15 is 0 Å². The molecule has 1 atom stereocenters. The second-order valence-electron chi connectivity index (χ2n) is 4.93. The first kappa shape index (κ1) is 14.6. The average Bonchev–Trinajstić information content (AvgIpc) is 2.34. The molecule has 0 aliphatic carbocycles. The van der Waals surface area contributed by atoms with E-state index < -0.39 is 18.4 Å². The molecule has 1 aromatic carbocycles. The smallest absolute Gasteiger partial charge is 0.420 e.